The van der Waals surface area contributed by atoms with Gasteiger partial charge in [-0.2, -0.15) is 0 Å². The van der Waals surface area contributed by atoms with Crippen LogP contribution >= 0.6 is 15.9 Å². The lowest BCUT2D eigenvalue weighted by Crippen LogP contribution is -2.28. The van der Waals surface area contributed by atoms with Crippen LogP contribution in [0.5, 0.6) is 5.75 Å². The Labute approximate surface area is 137 Å². The van der Waals surface area contributed by atoms with Crippen LogP contribution in [0, 0.1) is 0 Å². The second kappa shape index (κ2) is 6.50. The van der Waals surface area contributed by atoms with Gasteiger partial charge in [-0.15, -0.1) is 0 Å². The van der Waals surface area contributed by atoms with Crippen molar-refractivity contribution in [2.75, 3.05) is 13.2 Å². The summed E-state index contributed by atoms with van der Waals surface area (Å²) in [6.07, 6.45) is 0.127. The Kier molecular flexibility index (Phi) is 4.45. The molecule has 22 heavy (non-hydrogen) atoms. The second-order valence-electron chi connectivity index (χ2n) is 5.20. The van der Waals surface area contributed by atoms with Crippen LogP contribution in [-0.2, 0) is 6.42 Å². The first-order valence-electron chi connectivity index (χ1n) is 7.11. The monoisotopic (exact) mass is 361 g/mol. The molecule has 3 rings (SSSR count). The molecule has 1 heterocycles. The van der Waals surface area contributed by atoms with E-state index < -0.39 is 6.10 Å². The van der Waals surface area contributed by atoms with Crippen molar-refractivity contribution in [3.05, 3.63) is 63.6 Å². The number of halogens is 1. The topological polar surface area (TPSA) is 58.6 Å². The Morgan fingerprint density at radius 1 is 1.32 bits per heavy atom. The van der Waals surface area contributed by atoms with E-state index in [0.29, 0.717) is 12.2 Å². The lowest BCUT2D eigenvalue weighted by Gasteiger charge is -2.13. The molecule has 114 valence electrons. The molecule has 5 heteroatoms. The van der Waals surface area contributed by atoms with Crippen LogP contribution in [0.25, 0.3) is 0 Å². The number of nitrogens with one attached hydrogen (secondary N) is 1. The minimum absolute atomic E-state index is 0.172. The number of benzene rings is 2. The molecule has 1 atom stereocenters. The van der Waals surface area contributed by atoms with Gasteiger partial charge < -0.3 is 15.2 Å². The number of hydrogen-bond acceptors (Lipinski definition) is 3. The summed E-state index contributed by atoms with van der Waals surface area (Å²) in [5, 5.41) is 13.0. The highest BCUT2D eigenvalue weighted by atomic mass is 79.9. The molecule has 0 unspecified atom stereocenters. The van der Waals surface area contributed by atoms with Crippen LogP contribution in [0.3, 0.4) is 0 Å². The van der Waals surface area contributed by atoms with Gasteiger partial charge in [-0.3, -0.25) is 4.79 Å². The van der Waals surface area contributed by atoms with E-state index in [4.69, 9.17) is 4.74 Å². The maximum absolute atomic E-state index is 12.1. The van der Waals surface area contributed by atoms with E-state index in [2.05, 4.69) is 21.2 Å². The Hall–Kier alpha value is -1.85. The molecule has 2 N–H and O–H groups in total. The molecule has 0 fully saturated rings. The van der Waals surface area contributed by atoms with Crippen molar-refractivity contribution in [2.24, 2.45) is 0 Å². The summed E-state index contributed by atoms with van der Waals surface area (Å²) in [7, 11) is 0. The number of fused-ring (bicyclic) bond motifs is 1. The van der Waals surface area contributed by atoms with Gasteiger partial charge in [0.05, 0.1) is 12.7 Å². The van der Waals surface area contributed by atoms with E-state index in [1.165, 1.54) is 0 Å². The van der Waals surface area contributed by atoms with E-state index in [-0.39, 0.29) is 12.5 Å². The molecular formula is C17H16BrNO3. The van der Waals surface area contributed by atoms with Crippen LogP contribution in [0.2, 0.25) is 0 Å². The van der Waals surface area contributed by atoms with Gasteiger partial charge in [0.25, 0.3) is 5.91 Å². The fourth-order valence-corrected chi connectivity index (χ4v) is 2.85. The van der Waals surface area contributed by atoms with E-state index >= 15 is 0 Å². The molecule has 0 saturated heterocycles. The first-order valence-corrected chi connectivity index (χ1v) is 7.90. The zero-order valence-corrected chi connectivity index (χ0v) is 13.5. The predicted molar refractivity (Wildman–Crippen MR) is 87.1 cm³/mol. The third-order valence-corrected chi connectivity index (χ3v) is 4.13. The maximum Gasteiger partial charge on any atom is 0.251 e. The molecule has 1 aliphatic rings. The number of carbonyl (C=O) groups excluding carboxylic acids is 1. The minimum atomic E-state index is -0.734. The van der Waals surface area contributed by atoms with Gasteiger partial charge in [-0.05, 0) is 41.5 Å². The van der Waals surface area contributed by atoms with E-state index in [0.717, 1.165) is 27.8 Å². The molecule has 1 aliphatic heterocycles. The standard InChI is InChI=1S/C17H16BrNO3/c18-14-3-1-2-13(9-14)17(21)19-10-15(20)11-4-5-16-12(8-11)6-7-22-16/h1-5,8-9,15,20H,6-7,10H2,(H,19,21)/t15-/m1/s1. The van der Waals surface area contributed by atoms with Gasteiger partial charge >= 0.3 is 0 Å². The summed E-state index contributed by atoms with van der Waals surface area (Å²) in [6.45, 7) is 0.861. The van der Waals surface area contributed by atoms with Crippen molar-refractivity contribution in [1.29, 1.82) is 0 Å². The number of ether oxygens (including phenoxy) is 1. The molecule has 4 nitrogen and oxygen atoms in total. The Balaban J connectivity index is 1.62. The minimum Gasteiger partial charge on any atom is -0.493 e. The van der Waals surface area contributed by atoms with Crippen LogP contribution < -0.4 is 10.1 Å². The number of carbonyl (C=O) groups is 1. The van der Waals surface area contributed by atoms with Crippen molar-refractivity contribution in [3.8, 4) is 5.75 Å². The summed E-state index contributed by atoms with van der Waals surface area (Å²) in [6, 6.07) is 12.8. The van der Waals surface area contributed by atoms with Gasteiger partial charge in [-0.25, -0.2) is 0 Å². The number of aliphatic hydroxyl groups is 1. The van der Waals surface area contributed by atoms with Crippen LogP contribution in [-0.4, -0.2) is 24.2 Å². The summed E-state index contributed by atoms with van der Waals surface area (Å²) in [4.78, 5) is 12.1. The Morgan fingerprint density at radius 2 is 2.18 bits per heavy atom. The largest absolute Gasteiger partial charge is 0.493 e. The number of hydrogen-bond donors (Lipinski definition) is 2. The molecule has 2 aromatic rings. The van der Waals surface area contributed by atoms with Gasteiger partial charge in [0, 0.05) is 23.0 Å². The zero-order chi connectivity index (χ0) is 15.5. The third-order valence-electron chi connectivity index (χ3n) is 3.64. The predicted octanol–water partition coefficient (Wildman–Crippen LogP) is 2.85. The molecule has 2 aromatic carbocycles. The molecule has 0 spiro atoms. The Morgan fingerprint density at radius 3 is 3.00 bits per heavy atom. The van der Waals surface area contributed by atoms with Crippen molar-refractivity contribution in [2.45, 2.75) is 12.5 Å². The molecular weight excluding hydrogens is 346 g/mol. The highest BCUT2D eigenvalue weighted by Crippen LogP contribution is 2.28. The van der Waals surface area contributed by atoms with Crippen LogP contribution in [0.4, 0.5) is 0 Å². The molecule has 0 saturated carbocycles. The summed E-state index contributed by atoms with van der Waals surface area (Å²) >= 11 is 3.33. The smallest absolute Gasteiger partial charge is 0.251 e. The molecule has 0 radical (unpaired) electrons. The SMILES string of the molecule is O=C(NC[C@@H](O)c1ccc2c(c1)CCO2)c1cccc(Br)c1. The lowest BCUT2D eigenvalue weighted by molar-refractivity contribution is 0.0916. The average molecular weight is 362 g/mol. The maximum atomic E-state index is 12.1. The van der Waals surface area contributed by atoms with Gasteiger partial charge in [0.15, 0.2) is 0 Å². The molecule has 1 amide bonds. The first kappa shape index (κ1) is 15.1. The van der Waals surface area contributed by atoms with E-state index in [9.17, 15) is 9.90 Å². The zero-order valence-electron chi connectivity index (χ0n) is 11.9. The van der Waals surface area contributed by atoms with Gasteiger partial charge in [0.1, 0.15) is 5.75 Å². The number of amides is 1. The lowest BCUT2D eigenvalue weighted by atomic mass is 10.0. The van der Waals surface area contributed by atoms with Crippen molar-refractivity contribution in [1.82, 2.24) is 5.32 Å². The highest BCUT2D eigenvalue weighted by molar-refractivity contribution is 9.10. The highest BCUT2D eigenvalue weighted by Gasteiger charge is 2.16. The number of rotatable bonds is 4. The van der Waals surface area contributed by atoms with Crippen molar-refractivity contribution in [3.63, 3.8) is 0 Å². The normalized spacial score (nSPS) is 14.1. The summed E-state index contributed by atoms with van der Waals surface area (Å²) in [5.74, 6) is 0.680. The first-order chi connectivity index (χ1) is 10.6. The quantitative estimate of drug-likeness (QED) is 0.880. The summed E-state index contributed by atoms with van der Waals surface area (Å²) < 4.78 is 6.29. The fourth-order valence-electron chi connectivity index (χ4n) is 2.45. The molecule has 0 bridgehead atoms. The van der Waals surface area contributed by atoms with Gasteiger partial charge in [0.2, 0.25) is 0 Å². The van der Waals surface area contributed by atoms with Crippen LogP contribution in [0.1, 0.15) is 27.6 Å². The van der Waals surface area contributed by atoms with Crippen molar-refractivity contribution < 1.29 is 14.6 Å². The third kappa shape index (κ3) is 3.31. The number of aliphatic hydroxyl groups excluding tert-OH is 1. The average Bonchev–Trinajstić information content (AvgIpc) is 2.99. The van der Waals surface area contributed by atoms with E-state index in [1.54, 1.807) is 18.2 Å². The second-order valence-corrected chi connectivity index (χ2v) is 6.12. The fraction of sp³-hybridized carbons (Fsp3) is 0.235. The molecule has 0 aliphatic carbocycles. The van der Waals surface area contributed by atoms with Gasteiger partial charge in [-0.1, -0.05) is 28.1 Å². The van der Waals surface area contributed by atoms with Crippen molar-refractivity contribution >= 4 is 21.8 Å². The van der Waals surface area contributed by atoms with Crippen LogP contribution in [0.15, 0.2) is 46.9 Å². The Bertz CT molecular complexity index is 702. The van der Waals surface area contributed by atoms with E-state index in [1.807, 2.05) is 24.3 Å². The molecule has 0 aromatic heterocycles. The summed E-state index contributed by atoms with van der Waals surface area (Å²) in [5.41, 5.74) is 2.46.